The van der Waals surface area contributed by atoms with Crippen LogP contribution in [0.5, 0.6) is 5.75 Å². The van der Waals surface area contributed by atoms with Crippen molar-refractivity contribution in [2.24, 2.45) is 0 Å². The molecule has 0 N–H and O–H groups in total. The van der Waals surface area contributed by atoms with E-state index in [1.54, 1.807) is 0 Å². The van der Waals surface area contributed by atoms with E-state index in [-0.39, 0.29) is 6.10 Å². The zero-order valence-corrected chi connectivity index (χ0v) is 12.7. The van der Waals surface area contributed by atoms with Crippen LogP contribution in [0.3, 0.4) is 0 Å². The van der Waals surface area contributed by atoms with Crippen LogP contribution in [-0.2, 0) is 6.42 Å². The quantitative estimate of drug-likeness (QED) is 0.411. The second-order valence-electron chi connectivity index (χ2n) is 6.15. The molecule has 0 saturated heterocycles. The van der Waals surface area contributed by atoms with E-state index in [0.29, 0.717) is 0 Å². The lowest BCUT2D eigenvalue weighted by Crippen LogP contribution is -2.02. The summed E-state index contributed by atoms with van der Waals surface area (Å²) in [5.74, 6) is 1.03. The van der Waals surface area contributed by atoms with Gasteiger partial charge in [0, 0.05) is 12.0 Å². The van der Waals surface area contributed by atoms with Gasteiger partial charge in [-0.3, -0.25) is 0 Å². The van der Waals surface area contributed by atoms with Crippen LogP contribution in [0, 0.1) is 0 Å². The smallest absolute Gasteiger partial charge is 0.128 e. The Labute approximate surface area is 135 Å². The predicted octanol–water partition coefficient (Wildman–Crippen LogP) is 5.67. The van der Waals surface area contributed by atoms with Crippen molar-refractivity contribution in [2.75, 3.05) is 0 Å². The molecule has 1 atom stereocenters. The Hall–Kier alpha value is -2.80. The molecule has 23 heavy (non-hydrogen) atoms. The zero-order valence-electron chi connectivity index (χ0n) is 12.7. The largest absolute Gasteiger partial charge is 0.485 e. The van der Waals surface area contributed by atoms with Crippen molar-refractivity contribution in [1.82, 2.24) is 0 Å². The van der Waals surface area contributed by atoms with Gasteiger partial charge in [0.2, 0.25) is 0 Å². The summed E-state index contributed by atoms with van der Waals surface area (Å²) < 4.78 is 6.21. The van der Waals surface area contributed by atoms with Crippen LogP contribution in [0.15, 0.2) is 78.9 Å². The molecule has 0 amide bonds. The third kappa shape index (κ3) is 1.93. The summed E-state index contributed by atoms with van der Waals surface area (Å²) in [6.45, 7) is 0. The third-order valence-corrected chi connectivity index (χ3v) is 4.82. The minimum Gasteiger partial charge on any atom is -0.485 e. The van der Waals surface area contributed by atoms with E-state index in [9.17, 15) is 0 Å². The average molecular weight is 296 g/mol. The molecule has 1 aliphatic rings. The lowest BCUT2D eigenvalue weighted by molar-refractivity contribution is 0.239. The van der Waals surface area contributed by atoms with Crippen LogP contribution in [0.25, 0.3) is 21.5 Å². The molecule has 0 fully saturated rings. The van der Waals surface area contributed by atoms with E-state index in [1.165, 1.54) is 32.7 Å². The van der Waals surface area contributed by atoms with Crippen molar-refractivity contribution < 1.29 is 4.74 Å². The van der Waals surface area contributed by atoms with E-state index in [4.69, 9.17) is 4.74 Å². The Morgan fingerprint density at radius 3 is 2.35 bits per heavy atom. The molecule has 0 bridgehead atoms. The second-order valence-corrected chi connectivity index (χ2v) is 6.15. The first-order valence-electron chi connectivity index (χ1n) is 8.05. The lowest BCUT2D eigenvalue weighted by Gasteiger charge is -2.10. The third-order valence-electron chi connectivity index (χ3n) is 4.82. The molecular formula is C22H16O. The molecule has 1 heteroatoms. The van der Waals surface area contributed by atoms with Crippen molar-refractivity contribution in [1.29, 1.82) is 0 Å². The SMILES string of the molecule is c1ccc(C2Cc3c(ccc4c3ccc3ccccc34)O2)cc1. The number of rotatable bonds is 1. The first-order chi connectivity index (χ1) is 11.4. The monoisotopic (exact) mass is 296 g/mol. The van der Waals surface area contributed by atoms with E-state index in [2.05, 4.69) is 72.8 Å². The van der Waals surface area contributed by atoms with Gasteiger partial charge in [-0.05, 0) is 33.2 Å². The fourth-order valence-corrected chi connectivity index (χ4v) is 3.69. The van der Waals surface area contributed by atoms with Crippen molar-refractivity contribution in [2.45, 2.75) is 12.5 Å². The Bertz CT molecular complexity index is 1020. The standard InChI is InChI=1S/C22H16O/c1-2-7-16(8-3-1)22-14-20-19-11-10-15-6-4-5-9-17(15)18(19)12-13-21(20)23-22/h1-13,22H,14H2. The topological polar surface area (TPSA) is 9.23 Å². The molecule has 0 spiro atoms. The first kappa shape index (κ1) is 12.7. The van der Waals surface area contributed by atoms with Gasteiger partial charge in [0.1, 0.15) is 11.9 Å². The first-order valence-corrected chi connectivity index (χ1v) is 8.05. The highest BCUT2D eigenvalue weighted by Gasteiger charge is 2.26. The van der Waals surface area contributed by atoms with Crippen molar-refractivity contribution in [3.05, 3.63) is 90.0 Å². The maximum absolute atomic E-state index is 6.21. The van der Waals surface area contributed by atoms with Gasteiger partial charge < -0.3 is 4.74 Å². The molecule has 110 valence electrons. The van der Waals surface area contributed by atoms with Crippen LogP contribution in [0.4, 0.5) is 0 Å². The van der Waals surface area contributed by atoms with E-state index >= 15 is 0 Å². The van der Waals surface area contributed by atoms with Crippen LogP contribution < -0.4 is 4.74 Å². The van der Waals surface area contributed by atoms with Crippen LogP contribution in [0.2, 0.25) is 0 Å². The highest BCUT2D eigenvalue weighted by Crippen LogP contribution is 2.42. The number of hydrogen-bond acceptors (Lipinski definition) is 1. The van der Waals surface area contributed by atoms with Gasteiger partial charge >= 0.3 is 0 Å². The lowest BCUT2D eigenvalue weighted by atomic mass is 9.95. The normalized spacial score (nSPS) is 16.4. The number of benzene rings is 4. The summed E-state index contributed by atoms with van der Waals surface area (Å²) in [6, 6.07) is 27.9. The van der Waals surface area contributed by atoms with Crippen molar-refractivity contribution in [3.63, 3.8) is 0 Å². The molecule has 4 aromatic carbocycles. The van der Waals surface area contributed by atoms with Gasteiger partial charge in [-0.2, -0.15) is 0 Å². The zero-order chi connectivity index (χ0) is 15.2. The Morgan fingerprint density at radius 1 is 0.652 bits per heavy atom. The molecule has 1 heterocycles. The number of hydrogen-bond donors (Lipinski definition) is 0. The van der Waals surface area contributed by atoms with E-state index in [0.717, 1.165) is 12.2 Å². The second kappa shape index (κ2) is 4.85. The highest BCUT2D eigenvalue weighted by atomic mass is 16.5. The van der Waals surface area contributed by atoms with Crippen LogP contribution in [0.1, 0.15) is 17.2 Å². The minimum atomic E-state index is 0.128. The van der Waals surface area contributed by atoms with Crippen molar-refractivity contribution in [3.8, 4) is 5.75 Å². The highest BCUT2D eigenvalue weighted by molar-refractivity contribution is 6.09. The summed E-state index contributed by atoms with van der Waals surface area (Å²) in [6.07, 6.45) is 1.07. The molecular weight excluding hydrogens is 280 g/mol. The van der Waals surface area contributed by atoms with Gasteiger partial charge in [-0.25, -0.2) is 0 Å². The molecule has 0 aliphatic carbocycles. The molecule has 1 unspecified atom stereocenters. The summed E-state index contributed by atoms with van der Waals surface area (Å²) in [4.78, 5) is 0. The van der Waals surface area contributed by atoms with E-state index < -0.39 is 0 Å². The maximum atomic E-state index is 6.21. The molecule has 1 nitrogen and oxygen atoms in total. The average Bonchev–Trinajstić information content (AvgIpc) is 3.07. The summed E-state index contributed by atoms with van der Waals surface area (Å²) in [5, 5.41) is 5.24. The number of fused-ring (bicyclic) bond motifs is 5. The van der Waals surface area contributed by atoms with Crippen LogP contribution in [-0.4, -0.2) is 0 Å². The van der Waals surface area contributed by atoms with Gasteiger partial charge in [0.15, 0.2) is 0 Å². The molecule has 4 aromatic rings. The summed E-state index contributed by atoms with van der Waals surface area (Å²) in [5.41, 5.74) is 2.58. The summed E-state index contributed by atoms with van der Waals surface area (Å²) >= 11 is 0. The molecule has 1 aliphatic heterocycles. The van der Waals surface area contributed by atoms with Gasteiger partial charge in [0.05, 0.1) is 0 Å². The minimum absolute atomic E-state index is 0.128. The molecule has 5 rings (SSSR count). The van der Waals surface area contributed by atoms with Crippen molar-refractivity contribution >= 4 is 21.5 Å². The maximum Gasteiger partial charge on any atom is 0.128 e. The predicted molar refractivity (Wildman–Crippen MR) is 95.0 cm³/mol. The van der Waals surface area contributed by atoms with Gasteiger partial charge in [-0.1, -0.05) is 72.8 Å². The van der Waals surface area contributed by atoms with E-state index in [1.807, 2.05) is 6.07 Å². The molecule has 0 radical (unpaired) electrons. The Balaban J connectivity index is 1.69. The fraction of sp³-hybridized carbons (Fsp3) is 0.0909. The van der Waals surface area contributed by atoms with Gasteiger partial charge in [0.25, 0.3) is 0 Å². The van der Waals surface area contributed by atoms with Crippen LogP contribution >= 0.6 is 0 Å². The van der Waals surface area contributed by atoms with Gasteiger partial charge in [-0.15, -0.1) is 0 Å². The Kier molecular flexibility index (Phi) is 2.68. The number of ether oxygens (including phenoxy) is 1. The fourth-order valence-electron chi connectivity index (χ4n) is 3.69. The molecule has 0 saturated carbocycles. The summed E-state index contributed by atoms with van der Waals surface area (Å²) in [7, 11) is 0. The molecule has 0 aromatic heterocycles. The Morgan fingerprint density at radius 2 is 1.43 bits per heavy atom.